The van der Waals surface area contributed by atoms with E-state index in [0.29, 0.717) is 6.42 Å². The van der Waals surface area contributed by atoms with E-state index < -0.39 is 17.7 Å². The summed E-state index contributed by atoms with van der Waals surface area (Å²) in [5.41, 5.74) is 0.639. The molecule has 0 unspecified atom stereocenters. The van der Waals surface area contributed by atoms with Gasteiger partial charge in [-0.2, -0.15) is 0 Å². The maximum absolute atomic E-state index is 13.3. The van der Waals surface area contributed by atoms with Gasteiger partial charge in [-0.15, -0.1) is 0 Å². The van der Waals surface area contributed by atoms with Crippen LogP contribution in [0, 0.1) is 11.6 Å². The van der Waals surface area contributed by atoms with Gasteiger partial charge in [-0.05, 0) is 19.1 Å². The molecule has 1 aromatic rings. The molecule has 0 saturated carbocycles. The van der Waals surface area contributed by atoms with Gasteiger partial charge in [-0.25, -0.2) is 13.6 Å². The first-order valence-electron chi connectivity index (χ1n) is 5.74. The molecule has 1 aromatic carbocycles. The molecule has 2 rings (SSSR count). The van der Waals surface area contributed by atoms with Gasteiger partial charge in [0.15, 0.2) is 0 Å². The number of carbonyl (C=O) groups is 1. The van der Waals surface area contributed by atoms with E-state index in [2.05, 4.69) is 15.8 Å². The lowest BCUT2D eigenvalue weighted by atomic mass is 10.2. The zero-order valence-electron chi connectivity index (χ0n) is 10.2. The molecule has 0 saturated heterocycles. The SMILES string of the molecule is CC1=NO[C@@H](CNC(=O)Nc2cc(F)ccc2F)C1. The molecular weight excluding hydrogens is 256 g/mol. The maximum atomic E-state index is 13.3. The molecule has 1 atom stereocenters. The minimum Gasteiger partial charge on any atom is -0.390 e. The number of amides is 2. The number of hydrogen-bond acceptors (Lipinski definition) is 3. The molecule has 19 heavy (non-hydrogen) atoms. The monoisotopic (exact) mass is 269 g/mol. The Bertz CT molecular complexity index is 520. The van der Waals surface area contributed by atoms with Crippen molar-refractivity contribution in [3.05, 3.63) is 29.8 Å². The van der Waals surface area contributed by atoms with Crippen LogP contribution in [-0.4, -0.2) is 24.4 Å². The number of nitrogens with zero attached hydrogens (tertiary/aromatic N) is 1. The zero-order valence-corrected chi connectivity index (χ0v) is 10.2. The molecule has 7 heteroatoms. The van der Waals surface area contributed by atoms with E-state index in [1.54, 1.807) is 0 Å². The third kappa shape index (κ3) is 3.64. The predicted molar refractivity (Wildman–Crippen MR) is 66.0 cm³/mol. The largest absolute Gasteiger partial charge is 0.390 e. The van der Waals surface area contributed by atoms with Gasteiger partial charge in [-0.1, -0.05) is 5.16 Å². The first kappa shape index (κ1) is 13.3. The lowest BCUT2D eigenvalue weighted by molar-refractivity contribution is 0.0870. The van der Waals surface area contributed by atoms with Crippen LogP contribution in [0.5, 0.6) is 0 Å². The van der Waals surface area contributed by atoms with Crippen LogP contribution in [0.15, 0.2) is 23.4 Å². The lowest BCUT2D eigenvalue weighted by Crippen LogP contribution is -2.35. The summed E-state index contributed by atoms with van der Waals surface area (Å²) in [4.78, 5) is 16.5. The molecule has 102 valence electrons. The Balaban J connectivity index is 1.83. The summed E-state index contributed by atoms with van der Waals surface area (Å²) in [6.07, 6.45) is 0.414. The highest BCUT2D eigenvalue weighted by atomic mass is 19.1. The van der Waals surface area contributed by atoms with Gasteiger partial charge in [0.05, 0.1) is 17.9 Å². The molecule has 0 bridgehead atoms. The third-order valence-corrected chi connectivity index (χ3v) is 2.55. The van der Waals surface area contributed by atoms with Crippen molar-refractivity contribution in [2.75, 3.05) is 11.9 Å². The Kier molecular flexibility index (Phi) is 3.94. The topological polar surface area (TPSA) is 62.7 Å². The van der Waals surface area contributed by atoms with Crippen molar-refractivity contribution in [3.8, 4) is 0 Å². The highest BCUT2D eigenvalue weighted by Crippen LogP contribution is 2.15. The van der Waals surface area contributed by atoms with Gasteiger partial charge < -0.3 is 15.5 Å². The van der Waals surface area contributed by atoms with Gasteiger partial charge in [0.25, 0.3) is 0 Å². The van der Waals surface area contributed by atoms with Crippen molar-refractivity contribution < 1.29 is 18.4 Å². The Labute approximate surface area is 108 Å². The number of rotatable bonds is 3. The van der Waals surface area contributed by atoms with Crippen LogP contribution in [0.4, 0.5) is 19.3 Å². The minimum atomic E-state index is -0.701. The smallest absolute Gasteiger partial charge is 0.319 e. The molecule has 1 aliphatic heterocycles. The summed E-state index contributed by atoms with van der Waals surface area (Å²) in [5.74, 6) is -1.33. The molecular formula is C12H13F2N3O2. The number of nitrogens with one attached hydrogen (secondary N) is 2. The van der Waals surface area contributed by atoms with Crippen LogP contribution in [0.2, 0.25) is 0 Å². The summed E-state index contributed by atoms with van der Waals surface area (Å²) in [5, 5.41) is 8.47. The summed E-state index contributed by atoms with van der Waals surface area (Å²) < 4.78 is 26.2. The summed E-state index contributed by atoms with van der Waals surface area (Å²) in [6.45, 7) is 2.06. The van der Waals surface area contributed by atoms with E-state index in [1.807, 2.05) is 6.92 Å². The van der Waals surface area contributed by atoms with Gasteiger partial charge in [0, 0.05) is 12.5 Å². The molecule has 2 N–H and O–H groups in total. The van der Waals surface area contributed by atoms with Crippen LogP contribution in [0.3, 0.4) is 0 Å². The number of anilines is 1. The van der Waals surface area contributed by atoms with Crippen molar-refractivity contribution in [1.29, 1.82) is 0 Å². The van der Waals surface area contributed by atoms with E-state index in [9.17, 15) is 13.6 Å². The first-order chi connectivity index (χ1) is 9.04. The Morgan fingerprint density at radius 1 is 1.53 bits per heavy atom. The molecule has 0 radical (unpaired) electrons. The van der Waals surface area contributed by atoms with Crippen LogP contribution >= 0.6 is 0 Å². The van der Waals surface area contributed by atoms with Gasteiger partial charge >= 0.3 is 6.03 Å². The lowest BCUT2D eigenvalue weighted by Gasteiger charge is -2.11. The van der Waals surface area contributed by atoms with E-state index in [-0.39, 0.29) is 18.3 Å². The highest BCUT2D eigenvalue weighted by Gasteiger charge is 2.18. The summed E-state index contributed by atoms with van der Waals surface area (Å²) in [7, 11) is 0. The van der Waals surface area contributed by atoms with Crippen LogP contribution in [0.25, 0.3) is 0 Å². The predicted octanol–water partition coefficient (Wildman–Crippen LogP) is 2.25. The fourth-order valence-corrected chi connectivity index (χ4v) is 1.64. The normalized spacial score (nSPS) is 17.6. The average molecular weight is 269 g/mol. The number of urea groups is 1. The van der Waals surface area contributed by atoms with Gasteiger partial charge in [0.1, 0.15) is 17.7 Å². The van der Waals surface area contributed by atoms with Gasteiger partial charge in [0.2, 0.25) is 0 Å². The fourth-order valence-electron chi connectivity index (χ4n) is 1.64. The van der Waals surface area contributed by atoms with Crippen molar-refractivity contribution in [1.82, 2.24) is 5.32 Å². The van der Waals surface area contributed by atoms with Crippen molar-refractivity contribution in [3.63, 3.8) is 0 Å². The molecule has 0 aliphatic carbocycles. The molecule has 2 amide bonds. The first-order valence-corrected chi connectivity index (χ1v) is 5.74. The van der Waals surface area contributed by atoms with Crippen molar-refractivity contribution in [2.24, 2.45) is 5.16 Å². The van der Waals surface area contributed by atoms with E-state index >= 15 is 0 Å². The molecule has 1 aliphatic rings. The van der Waals surface area contributed by atoms with E-state index in [4.69, 9.17) is 4.84 Å². The van der Waals surface area contributed by atoms with E-state index in [1.165, 1.54) is 0 Å². The number of hydrogen-bond donors (Lipinski definition) is 2. The van der Waals surface area contributed by atoms with Crippen molar-refractivity contribution >= 4 is 17.4 Å². The second-order valence-corrected chi connectivity index (χ2v) is 4.22. The van der Waals surface area contributed by atoms with Gasteiger partial charge in [-0.3, -0.25) is 0 Å². The standard InChI is InChI=1S/C12H13F2N3O2/c1-7-4-9(19-17-7)6-15-12(18)16-11-5-8(13)2-3-10(11)14/h2-3,5,9H,4,6H2,1H3,(H2,15,16,18)/t9-/m1/s1. The van der Waals surface area contributed by atoms with Crippen LogP contribution in [0.1, 0.15) is 13.3 Å². The second kappa shape index (κ2) is 5.64. The maximum Gasteiger partial charge on any atom is 0.319 e. The van der Waals surface area contributed by atoms with Crippen molar-refractivity contribution in [2.45, 2.75) is 19.4 Å². The van der Waals surface area contributed by atoms with Crippen LogP contribution < -0.4 is 10.6 Å². The average Bonchev–Trinajstić information content (AvgIpc) is 2.77. The minimum absolute atomic E-state index is 0.211. The quantitative estimate of drug-likeness (QED) is 0.884. The van der Waals surface area contributed by atoms with E-state index in [0.717, 1.165) is 23.9 Å². The molecule has 0 fully saturated rings. The third-order valence-electron chi connectivity index (χ3n) is 2.55. The summed E-state index contributed by atoms with van der Waals surface area (Å²) in [6, 6.07) is 2.21. The molecule has 0 aromatic heterocycles. The molecule has 5 nitrogen and oxygen atoms in total. The number of oxime groups is 1. The summed E-state index contributed by atoms with van der Waals surface area (Å²) >= 11 is 0. The highest BCUT2D eigenvalue weighted by molar-refractivity contribution is 5.89. The number of carbonyl (C=O) groups excluding carboxylic acids is 1. The Hall–Kier alpha value is -2.18. The zero-order chi connectivity index (χ0) is 13.8. The fraction of sp³-hybridized carbons (Fsp3) is 0.333. The Morgan fingerprint density at radius 3 is 3.00 bits per heavy atom. The molecule has 0 spiro atoms. The second-order valence-electron chi connectivity index (χ2n) is 4.22. The number of benzene rings is 1. The molecule has 1 heterocycles. The Morgan fingerprint density at radius 2 is 2.32 bits per heavy atom. The van der Waals surface area contributed by atoms with Crippen LogP contribution in [-0.2, 0) is 4.84 Å². The number of halogens is 2.